The number of ether oxygens (including phenoxy) is 1. The Hall–Kier alpha value is -0.690. The fraction of sp³-hybridized carbons (Fsp3) is 0.385. The van der Waals surface area contributed by atoms with Crippen LogP contribution in [0, 0.1) is 0 Å². The molecular formula is C13H18NO12P3S. The molecule has 5 N–H and O–H groups in total. The third-order valence-electron chi connectivity index (χ3n) is 4.02. The van der Waals surface area contributed by atoms with E-state index in [0.717, 1.165) is 10.4 Å². The molecule has 3 heterocycles. The van der Waals surface area contributed by atoms with Crippen molar-refractivity contribution >= 4 is 46.6 Å². The number of hydrogen-bond donors (Lipinski definition) is 5. The van der Waals surface area contributed by atoms with Crippen molar-refractivity contribution < 1.29 is 56.3 Å². The lowest BCUT2D eigenvalue weighted by Crippen LogP contribution is -2.31. The van der Waals surface area contributed by atoms with Gasteiger partial charge in [-0.25, -0.2) is 13.7 Å². The molecule has 1 aromatic heterocycles. The quantitative estimate of drug-likeness (QED) is 0.322. The zero-order chi connectivity index (χ0) is 22.3. The van der Waals surface area contributed by atoms with E-state index in [2.05, 4.69) is 19.7 Å². The Labute approximate surface area is 174 Å². The van der Waals surface area contributed by atoms with Crippen LogP contribution in [-0.4, -0.2) is 54.6 Å². The summed E-state index contributed by atoms with van der Waals surface area (Å²) < 4.78 is 51.2. The Morgan fingerprint density at radius 3 is 2.57 bits per heavy atom. The van der Waals surface area contributed by atoms with E-state index < -0.39 is 48.5 Å². The SMILES string of the molecule is C=C1c2sccc2C=CN1[C@H]1C[C@@H](O)[C@@H](COP(=O)(O)OP(=O)(O)OP(=O)(O)O)O1. The lowest BCUT2D eigenvalue weighted by atomic mass is 10.1. The first kappa shape index (κ1) is 24.0. The number of hydrogen-bond acceptors (Lipinski definition) is 10. The molecule has 5 atom stereocenters. The largest absolute Gasteiger partial charge is 0.490 e. The summed E-state index contributed by atoms with van der Waals surface area (Å²) in [6, 6.07) is 1.93. The summed E-state index contributed by atoms with van der Waals surface area (Å²) in [5, 5.41) is 12.1. The standard InChI is InChI=1S/C13H18NO12P3S/c1-8-13-9(3-5-30-13)2-4-14(8)12-6-10(15)11(24-12)7-23-28(19,20)26-29(21,22)25-27(16,17)18/h2-5,10-12,15H,1,6-7H2,(H,19,20)(H,21,22)(H2,16,17,18)/t10-,11-,12-/m1/s1. The number of nitrogens with zero attached hydrogens (tertiary/aromatic N) is 1. The van der Waals surface area contributed by atoms with Gasteiger partial charge < -0.3 is 34.3 Å². The Morgan fingerprint density at radius 2 is 1.90 bits per heavy atom. The lowest BCUT2D eigenvalue weighted by molar-refractivity contribution is -0.0496. The van der Waals surface area contributed by atoms with E-state index >= 15 is 0 Å². The van der Waals surface area contributed by atoms with Crippen LogP contribution in [-0.2, 0) is 31.6 Å². The van der Waals surface area contributed by atoms with Gasteiger partial charge in [0.05, 0.1) is 23.3 Å². The van der Waals surface area contributed by atoms with Crippen LogP contribution in [0.5, 0.6) is 0 Å². The molecule has 1 fully saturated rings. The van der Waals surface area contributed by atoms with Gasteiger partial charge >= 0.3 is 23.5 Å². The molecule has 17 heteroatoms. The van der Waals surface area contributed by atoms with Crippen molar-refractivity contribution in [2.24, 2.45) is 0 Å². The fourth-order valence-corrected chi connectivity index (χ4v) is 6.72. The van der Waals surface area contributed by atoms with Crippen LogP contribution in [0.2, 0.25) is 0 Å². The molecule has 2 aliphatic heterocycles. The smallest absolute Gasteiger partial charge is 0.390 e. The molecule has 30 heavy (non-hydrogen) atoms. The Morgan fingerprint density at radius 1 is 1.20 bits per heavy atom. The zero-order valence-electron chi connectivity index (χ0n) is 15.0. The summed E-state index contributed by atoms with van der Waals surface area (Å²) in [4.78, 5) is 38.3. The molecule has 0 amide bonds. The normalized spacial score (nSPS) is 28.2. The number of phosphoric acid groups is 3. The average molecular weight is 505 g/mol. The highest BCUT2D eigenvalue weighted by molar-refractivity contribution is 7.66. The van der Waals surface area contributed by atoms with Crippen molar-refractivity contribution in [3.63, 3.8) is 0 Å². The van der Waals surface area contributed by atoms with Crippen LogP contribution < -0.4 is 0 Å². The molecule has 0 spiro atoms. The van der Waals surface area contributed by atoms with Crippen molar-refractivity contribution in [3.05, 3.63) is 34.7 Å². The highest BCUT2D eigenvalue weighted by atomic mass is 32.1. The minimum atomic E-state index is -5.61. The maximum atomic E-state index is 11.8. The van der Waals surface area contributed by atoms with Gasteiger partial charge in [-0.2, -0.15) is 8.62 Å². The van der Waals surface area contributed by atoms with Crippen LogP contribution in [0.3, 0.4) is 0 Å². The van der Waals surface area contributed by atoms with Gasteiger partial charge in [-0.1, -0.05) is 6.58 Å². The topological polar surface area (TPSA) is 193 Å². The van der Waals surface area contributed by atoms with Crippen molar-refractivity contribution in [1.82, 2.24) is 4.90 Å². The molecule has 0 radical (unpaired) electrons. The van der Waals surface area contributed by atoms with E-state index in [1.165, 1.54) is 11.3 Å². The number of fused-ring (bicyclic) bond motifs is 1. The van der Waals surface area contributed by atoms with Crippen LogP contribution in [0.4, 0.5) is 0 Å². The summed E-state index contributed by atoms with van der Waals surface area (Å²) in [6.45, 7) is 3.28. The van der Waals surface area contributed by atoms with Gasteiger partial charge in [-0.15, -0.1) is 11.3 Å². The third kappa shape index (κ3) is 5.96. The molecular weight excluding hydrogens is 487 g/mol. The molecule has 0 aromatic carbocycles. The van der Waals surface area contributed by atoms with Gasteiger partial charge in [-0.3, -0.25) is 4.52 Å². The second-order valence-corrected chi connectivity index (χ2v) is 11.5. The van der Waals surface area contributed by atoms with E-state index in [1.807, 2.05) is 17.5 Å². The summed E-state index contributed by atoms with van der Waals surface area (Å²) >= 11 is 1.48. The van der Waals surface area contributed by atoms with Crippen molar-refractivity contribution in [2.45, 2.75) is 24.9 Å². The van der Waals surface area contributed by atoms with Crippen molar-refractivity contribution in [1.29, 1.82) is 0 Å². The minimum absolute atomic E-state index is 0.106. The first-order chi connectivity index (χ1) is 13.8. The molecule has 13 nitrogen and oxygen atoms in total. The summed E-state index contributed by atoms with van der Waals surface area (Å²) in [5.74, 6) is 0. The van der Waals surface area contributed by atoms with Crippen LogP contribution in [0.1, 0.15) is 16.9 Å². The predicted octanol–water partition coefficient (Wildman–Crippen LogP) is 1.82. The highest BCUT2D eigenvalue weighted by Gasteiger charge is 2.43. The highest BCUT2D eigenvalue weighted by Crippen LogP contribution is 2.66. The molecule has 3 rings (SSSR count). The van der Waals surface area contributed by atoms with Crippen molar-refractivity contribution in [2.75, 3.05) is 6.61 Å². The number of thiophene rings is 1. The zero-order valence-corrected chi connectivity index (χ0v) is 18.5. The molecule has 0 aliphatic carbocycles. The molecule has 0 bridgehead atoms. The Kier molecular flexibility index (Phi) is 6.94. The maximum Gasteiger partial charge on any atom is 0.490 e. The average Bonchev–Trinajstić information content (AvgIpc) is 3.17. The van der Waals surface area contributed by atoms with E-state index in [1.54, 1.807) is 11.1 Å². The molecule has 2 aliphatic rings. The molecule has 1 saturated heterocycles. The van der Waals surface area contributed by atoms with Crippen LogP contribution in [0.15, 0.2) is 24.2 Å². The minimum Gasteiger partial charge on any atom is -0.390 e. The molecule has 168 valence electrons. The van der Waals surface area contributed by atoms with Gasteiger partial charge in [0.1, 0.15) is 12.3 Å². The van der Waals surface area contributed by atoms with Gasteiger partial charge in [0.2, 0.25) is 0 Å². The maximum absolute atomic E-state index is 11.8. The van der Waals surface area contributed by atoms with Crippen molar-refractivity contribution in [3.8, 4) is 0 Å². The molecule has 1 aromatic rings. The lowest BCUT2D eigenvalue weighted by Gasteiger charge is -2.31. The van der Waals surface area contributed by atoms with E-state index in [-0.39, 0.29) is 6.42 Å². The Bertz CT molecular complexity index is 988. The number of phosphoric ester groups is 1. The van der Waals surface area contributed by atoms with Gasteiger partial charge in [0, 0.05) is 12.6 Å². The number of rotatable bonds is 8. The van der Waals surface area contributed by atoms with Gasteiger partial charge in [0.15, 0.2) is 0 Å². The second-order valence-electron chi connectivity index (χ2n) is 6.19. The van der Waals surface area contributed by atoms with E-state index in [4.69, 9.17) is 19.4 Å². The Balaban J connectivity index is 1.58. The molecule has 0 saturated carbocycles. The summed E-state index contributed by atoms with van der Waals surface area (Å²) in [5.41, 5.74) is 1.64. The van der Waals surface area contributed by atoms with E-state index in [0.29, 0.717) is 5.70 Å². The first-order valence-corrected chi connectivity index (χ1v) is 13.5. The monoisotopic (exact) mass is 505 g/mol. The summed E-state index contributed by atoms with van der Waals surface area (Å²) in [7, 11) is -16.4. The summed E-state index contributed by atoms with van der Waals surface area (Å²) in [6.07, 6.45) is 0.788. The fourth-order valence-electron chi connectivity index (χ4n) is 2.83. The third-order valence-corrected chi connectivity index (χ3v) is 8.80. The van der Waals surface area contributed by atoms with E-state index in [9.17, 15) is 23.7 Å². The first-order valence-electron chi connectivity index (χ1n) is 8.11. The predicted molar refractivity (Wildman–Crippen MR) is 103 cm³/mol. The van der Waals surface area contributed by atoms with Gasteiger partial charge in [0.25, 0.3) is 0 Å². The number of aliphatic hydroxyl groups is 1. The second kappa shape index (κ2) is 8.68. The van der Waals surface area contributed by atoms with Crippen LogP contribution in [0.25, 0.3) is 11.8 Å². The molecule has 2 unspecified atom stereocenters. The van der Waals surface area contributed by atoms with Gasteiger partial charge in [-0.05, 0) is 23.1 Å². The van der Waals surface area contributed by atoms with Crippen LogP contribution >= 0.6 is 34.8 Å². The number of aliphatic hydroxyl groups excluding tert-OH is 1.